The van der Waals surface area contributed by atoms with Crippen LogP contribution >= 0.6 is 0 Å². The van der Waals surface area contributed by atoms with Gasteiger partial charge in [-0.3, -0.25) is 14.9 Å². The Kier molecular flexibility index (Phi) is 4.59. The number of nitro groups is 1. The first-order chi connectivity index (χ1) is 8.00. The van der Waals surface area contributed by atoms with E-state index in [-0.39, 0.29) is 5.69 Å². The molecule has 0 spiro atoms. The predicted molar refractivity (Wildman–Crippen MR) is 61.5 cm³/mol. The molecule has 92 valence electrons. The van der Waals surface area contributed by atoms with Gasteiger partial charge < -0.3 is 10.4 Å². The van der Waals surface area contributed by atoms with E-state index < -0.39 is 16.9 Å². The second-order valence-electron chi connectivity index (χ2n) is 3.64. The maximum atomic E-state index is 11.0. The van der Waals surface area contributed by atoms with Crippen LogP contribution < -0.4 is 5.32 Å². The third kappa shape index (κ3) is 4.20. The zero-order valence-corrected chi connectivity index (χ0v) is 9.42. The van der Waals surface area contributed by atoms with Crippen molar-refractivity contribution in [3.05, 3.63) is 39.9 Å². The second-order valence-corrected chi connectivity index (χ2v) is 3.64. The summed E-state index contributed by atoms with van der Waals surface area (Å²) in [5.74, 6) is -0.424. The van der Waals surface area contributed by atoms with Gasteiger partial charge in [-0.15, -0.1) is 0 Å². The lowest BCUT2D eigenvalue weighted by atomic mass is 10.1. The van der Waals surface area contributed by atoms with Crippen LogP contribution in [0.2, 0.25) is 0 Å². The highest BCUT2D eigenvalue weighted by atomic mass is 16.6. The summed E-state index contributed by atoms with van der Waals surface area (Å²) in [5.41, 5.74) is 0.934. The number of nitrogens with one attached hydrogen (secondary N) is 1. The first kappa shape index (κ1) is 13.1. The molecule has 2 N–H and O–H groups in total. The number of carbonyl (C=O) groups excluding carboxylic acids is 1. The zero-order chi connectivity index (χ0) is 12.8. The summed E-state index contributed by atoms with van der Waals surface area (Å²) in [6.45, 7) is 1.78. The van der Waals surface area contributed by atoms with Crippen LogP contribution in [0.15, 0.2) is 24.3 Å². The topological polar surface area (TPSA) is 92.5 Å². The molecular formula is C11H14N2O4. The average molecular weight is 238 g/mol. The number of rotatable bonds is 5. The molecule has 0 unspecified atom stereocenters. The molecule has 1 aromatic carbocycles. The highest BCUT2D eigenvalue weighted by molar-refractivity contribution is 5.79. The Hall–Kier alpha value is -1.95. The van der Waals surface area contributed by atoms with Gasteiger partial charge in [0.2, 0.25) is 5.91 Å². The van der Waals surface area contributed by atoms with Crippen molar-refractivity contribution >= 4 is 11.6 Å². The van der Waals surface area contributed by atoms with E-state index in [9.17, 15) is 14.9 Å². The van der Waals surface area contributed by atoms with Gasteiger partial charge in [-0.05, 0) is 18.9 Å². The van der Waals surface area contributed by atoms with E-state index in [1.54, 1.807) is 12.1 Å². The summed E-state index contributed by atoms with van der Waals surface area (Å²) < 4.78 is 0. The first-order valence-electron chi connectivity index (χ1n) is 5.20. The number of aliphatic hydroxyl groups excluding tert-OH is 1. The minimum Gasteiger partial charge on any atom is -0.384 e. The van der Waals surface area contributed by atoms with Gasteiger partial charge in [0.25, 0.3) is 5.69 Å². The molecule has 6 heteroatoms. The fourth-order valence-electron chi connectivity index (χ4n) is 1.26. The largest absolute Gasteiger partial charge is 0.384 e. The molecule has 0 aliphatic carbocycles. The minimum absolute atomic E-state index is 0.0433. The number of nitro benzene ring substituents is 1. The molecule has 17 heavy (non-hydrogen) atoms. The van der Waals surface area contributed by atoms with Crippen LogP contribution in [0.5, 0.6) is 0 Å². The fraction of sp³-hybridized carbons (Fsp3) is 0.364. The van der Waals surface area contributed by atoms with Crippen molar-refractivity contribution in [3.8, 4) is 0 Å². The van der Waals surface area contributed by atoms with Crippen molar-refractivity contribution in [2.75, 3.05) is 6.54 Å². The molecule has 0 aliphatic rings. The third-order valence-corrected chi connectivity index (χ3v) is 2.24. The Morgan fingerprint density at radius 3 is 2.53 bits per heavy atom. The minimum atomic E-state index is -1.02. The summed E-state index contributed by atoms with van der Waals surface area (Å²) >= 11 is 0. The van der Waals surface area contributed by atoms with Crippen molar-refractivity contribution in [2.45, 2.75) is 19.4 Å². The van der Waals surface area contributed by atoms with Gasteiger partial charge in [0.1, 0.15) is 6.10 Å². The molecule has 6 nitrogen and oxygen atoms in total. The maximum absolute atomic E-state index is 11.0. The van der Waals surface area contributed by atoms with Crippen molar-refractivity contribution in [1.29, 1.82) is 0 Å². The lowest BCUT2D eigenvalue weighted by Crippen LogP contribution is -2.33. The van der Waals surface area contributed by atoms with Crippen LogP contribution in [0.1, 0.15) is 12.5 Å². The molecule has 1 amide bonds. The van der Waals surface area contributed by atoms with Gasteiger partial charge >= 0.3 is 0 Å². The van der Waals surface area contributed by atoms with Crippen molar-refractivity contribution < 1.29 is 14.8 Å². The van der Waals surface area contributed by atoms with Crippen LogP contribution in [0, 0.1) is 10.1 Å². The molecule has 1 rings (SSSR count). The number of nitrogens with zero attached hydrogens (tertiary/aromatic N) is 1. The van der Waals surface area contributed by atoms with E-state index in [0.29, 0.717) is 13.0 Å². The van der Waals surface area contributed by atoms with Crippen LogP contribution in [-0.2, 0) is 11.2 Å². The molecular weight excluding hydrogens is 224 g/mol. The van der Waals surface area contributed by atoms with Gasteiger partial charge in [0, 0.05) is 18.7 Å². The van der Waals surface area contributed by atoms with Crippen molar-refractivity contribution in [3.63, 3.8) is 0 Å². The highest BCUT2D eigenvalue weighted by Gasteiger charge is 2.07. The zero-order valence-electron chi connectivity index (χ0n) is 9.42. The van der Waals surface area contributed by atoms with E-state index in [4.69, 9.17) is 5.11 Å². The summed E-state index contributed by atoms with van der Waals surface area (Å²) in [6, 6.07) is 6.14. The van der Waals surface area contributed by atoms with E-state index in [2.05, 4.69) is 5.32 Å². The molecule has 0 bridgehead atoms. The normalized spacial score (nSPS) is 11.9. The standard InChI is InChI=1S/C11H14N2O4/c1-8(14)11(15)12-7-6-9-2-4-10(5-3-9)13(16)17/h2-5,8,14H,6-7H2,1H3,(H,12,15)/t8-/m0/s1. The summed E-state index contributed by atoms with van der Waals surface area (Å²) in [5, 5.41) is 21.9. The first-order valence-corrected chi connectivity index (χ1v) is 5.20. The van der Waals surface area contributed by atoms with Gasteiger partial charge in [-0.25, -0.2) is 0 Å². The summed E-state index contributed by atoms with van der Waals surface area (Å²) in [4.78, 5) is 21.0. The molecule has 0 saturated carbocycles. The predicted octanol–water partition coefficient (Wildman–Crippen LogP) is 0.634. The number of hydrogen-bond acceptors (Lipinski definition) is 4. The number of hydrogen-bond donors (Lipinski definition) is 2. The number of non-ortho nitro benzene ring substituents is 1. The lowest BCUT2D eigenvalue weighted by molar-refractivity contribution is -0.384. The van der Waals surface area contributed by atoms with E-state index in [1.165, 1.54) is 19.1 Å². The van der Waals surface area contributed by atoms with Crippen LogP contribution in [0.3, 0.4) is 0 Å². The average Bonchev–Trinajstić information content (AvgIpc) is 2.29. The number of benzene rings is 1. The molecule has 0 aromatic heterocycles. The van der Waals surface area contributed by atoms with E-state index >= 15 is 0 Å². The molecule has 1 atom stereocenters. The van der Waals surface area contributed by atoms with Gasteiger partial charge in [-0.2, -0.15) is 0 Å². The maximum Gasteiger partial charge on any atom is 0.269 e. The summed E-state index contributed by atoms with van der Waals surface area (Å²) in [7, 11) is 0. The number of carbonyl (C=O) groups is 1. The Morgan fingerprint density at radius 2 is 2.06 bits per heavy atom. The summed E-state index contributed by atoms with van der Waals surface area (Å²) in [6.07, 6.45) is -0.455. The van der Waals surface area contributed by atoms with Crippen LogP contribution in [0.25, 0.3) is 0 Å². The molecule has 0 heterocycles. The van der Waals surface area contributed by atoms with E-state index in [1.807, 2.05) is 0 Å². The number of aliphatic hydroxyl groups is 1. The van der Waals surface area contributed by atoms with Gasteiger partial charge in [0.05, 0.1) is 4.92 Å². The second kappa shape index (κ2) is 5.95. The quantitative estimate of drug-likeness (QED) is 0.581. The Balaban J connectivity index is 2.42. The SMILES string of the molecule is C[C@H](O)C(=O)NCCc1ccc([N+](=O)[O-])cc1. The molecule has 0 saturated heterocycles. The van der Waals surface area contributed by atoms with Crippen molar-refractivity contribution in [2.24, 2.45) is 0 Å². The molecule has 1 aromatic rings. The van der Waals surface area contributed by atoms with Gasteiger partial charge in [0.15, 0.2) is 0 Å². The lowest BCUT2D eigenvalue weighted by Gasteiger charge is -2.06. The Morgan fingerprint density at radius 1 is 1.47 bits per heavy atom. The highest BCUT2D eigenvalue weighted by Crippen LogP contribution is 2.11. The monoisotopic (exact) mass is 238 g/mol. The third-order valence-electron chi connectivity index (χ3n) is 2.24. The van der Waals surface area contributed by atoms with Crippen LogP contribution in [0.4, 0.5) is 5.69 Å². The Labute approximate surface area is 98.4 Å². The van der Waals surface area contributed by atoms with Crippen LogP contribution in [-0.4, -0.2) is 28.6 Å². The molecule has 0 aliphatic heterocycles. The van der Waals surface area contributed by atoms with Crippen molar-refractivity contribution in [1.82, 2.24) is 5.32 Å². The van der Waals surface area contributed by atoms with Gasteiger partial charge in [-0.1, -0.05) is 12.1 Å². The number of amides is 1. The Bertz CT molecular complexity index is 400. The smallest absolute Gasteiger partial charge is 0.269 e. The molecule has 0 fully saturated rings. The fourth-order valence-corrected chi connectivity index (χ4v) is 1.26. The molecule has 0 radical (unpaired) electrons. The van der Waals surface area contributed by atoms with E-state index in [0.717, 1.165) is 5.56 Å².